The molecule has 0 aliphatic heterocycles. The molecular formula is C17H16N2O3S. The minimum atomic E-state index is -3.69. The number of rotatable bonds is 4. The van der Waals surface area contributed by atoms with Gasteiger partial charge in [-0.25, -0.2) is 8.42 Å². The molecule has 0 spiro atoms. The van der Waals surface area contributed by atoms with Crippen LogP contribution in [0.5, 0.6) is 5.75 Å². The summed E-state index contributed by atoms with van der Waals surface area (Å²) in [6, 6.07) is 13.8. The second-order valence-corrected chi connectivity index (χ2v) is 6.76. The van der Waals surface area contributed by atoms with Gasteiger partial charge in [-0.1, -0.05) is 6.07 Å². The monoisotopic (exact) mass is 328 g/mol. The molecule has 0 bridgehead atoms. The van der Waals surface area contributed by atoms with Crippen LogP contribution in [0.2, 0.25) is 0 Å². The summed E-state index contributed by atoms with van der Waals surface area (Å²) in [5.74, 6) is 0.621. The molecule has 0 fully saturated rings. The number of anilines is 1. The molecule has 1 heterocycles. The lowest BCUT2D eigenvalue weighted by atomic mass is 10.2. The van der Waals surface area contributed by atoms with Gasteiger partial charge in [-0.05, 0) is 55.0 Å². The lowest BCUT2D eigenvalue weighted by molar-refractivity contribution is 0.414. The maximum absolute atomic E-state index is 12.7. The fourth-order valence-corrected chi connectivity index (χ4v) is 3.75. The smallest absolute Gasteiger partial charge is 0.262 e. The van der Waals surface area contributed by atoms with Gasteiger partial charge in [0.2, 0.25) is 0 Å². The van der Waals surface area contributed by atoms with Gasteiger partial charge in [-0.2, -0.15) is 0 Å². The normalized spacial score (nSPS) is 11.4. The van der Waals surface area contributed by atoms with E-state index in [4.69, 9.17) is 4.74 Å². The standard InChI is InChI=1S/C17H16N2O3S/c1-12-11-13(22-2)8-9-17(12)23(20,21)19-16-7-3-6-15-14(16)5-4-10-18-15/h3-11,19H,1-2H3. The van der Waals surface area contributed by atoms with E-state index in [0.717, 1.165) is 10.9 Å². The molecule has 3 rings (SSSR count). The number of benzene rings is 2. The molecule has 6 heteroatoms. The number of hydrogen-bond acceptors (Lipinski definition) is 4. The zero-order valence-electron chi connectivity index (χ0n) is 12.8. The summed E-state index contributed by atoms with van der Waals surface area (Å²) in [7, 11) is -2.15. The van der Waals surface area contributed by atoms with Crippen LogP contribution in [-0.4, -0.2) is 20.5 Å². The summed E-state index contributed by atoms with van der Waals surface area (Å²) in [6.45, 7) is 1.74. The van der Waals surface area contributed by atoms with Crippen molar-refractivity contribution < 1.29 is 13.2 Å². The number of nitrogens with zero attached hydrogens (tertiary/aromatic N) is 1. The zero-order chi connectivity index (χ0) is 16.4. The van der Waals surface area contributed by atoms with Crippen molar-refractivity contribution in [2.45, 2.75) is 11.8 Å². The Balaban J connectivity index is 2.04. The van der Waals surface area contributed by atoms with Crippen LogP contribution in [0, 0.1) is 6.92 Å². The quantitative estimate of drug-likeness (QED) is 0.797. The number of hydrogen-bond donors (Lipinski definition) is 1. The Morgan fingerprint density at radius 1 is 1.09 bits per heavy atom. The van der Waals surface area contributed by atoms with Crippen LogP contribution in [0.3, 0.4) is 0 Å². The van der Waals surface area contributed by atoms with Crippen molar-refractivity contribution >= 4 is 26.6 Å². The van der Waals surface area contributed by atoms with Crippen molar-refractivity contribution in [3.05, 3.63) is 60.3 Å². The van der Waals surface area contributed by atoms with Crippen molar-refractivity contribution in [1.82, 2.24) is 4.98 Å². The highest BCUT2D eigenvalue weighted by Gasteiger charge is 2.18. The summed E-state index contributed by atoms with van der Waals surface area (Å²) >= 11 is 0. The van der Waals surface area contributed by atoms with Crippen molar-refractivity contribution in [2.75, 3.05) is 11.8 Å². The van der Waals surface area contributed by atoms with Gasteiger partial charge in [0.15, 0.2) is 0 Å². The average Bonchev–Trinajstić information content (AvgIpc) is 2.54. The Labute approximate surface area is 135 Å². The van der Waals surface area contributed by atoms with E-state index >= 15 is 0 Å². The molecule has 1 aromatic heterocycles. The van der Waals surface area contributed by atoms with E-state index in [-0.39, 0.29) is 4.90 Å². The molecule has 0 saturated heterocycles. The number of pyridine rings is 1. The molecule has 1 N–H and O–H groups in total. The van der Waals surface area contributed by atoms with E-state index in [2.05, 4.69) is 9.71 Å². The third kappa shape index (κ3) is 2.98. The van der Waals surface area contributed by atoms with Crippen molar-refractivity contribution in [2.24, 2.45) is 0 Å². The molecule has 0 atom stereocenters. The largest absolute Gasteiger partial charge is 0.497 e. The van der Waals surface area contributed by atoms with Gasteiger partial charge in [-0.3, -0.25) is 9.71 Å². The fraction of sp³-hybridized carbons (Fsp3) is 0.118. The van der Waals surface area contributed by atoms with Crippen molar-refractivity contribution in [3.63, 3.8) is 0 Å². The van der Waals surface area contributed by atoms with Gasteiger partial charge in [-0.15, -0.1) is 0 Å². The first-order chi connectivity index (χ1) is 11.0. The van der Waals surface area contributed by atoms with Gasteiger partial charge in [0.05, 0.1) is 23.2 Å². The third-order valence-corrected chi connectivity index (χ3v) is 5.09. The number of methoxy groups -OCH3 is 1. The molecular weight excluding hydrogens is 312 g/mol. The molecule has 5 nitrogen and oxygen atoms in total. The van der Waals surface area contributed by atoms with Gasteiger partial charge in [0.25, 0.3) is 10.0 Å². The van der Waals surface area contributed by atoms with E-state index < -0.39 is 10.0 Å². The maximum atomic E-state index is 12.7. The molecule has 2 aromatic carbocycles. The van der Waals surface area contributed by atoms with Crippen LogP contribution in [0.1, 0.15) is 5.56 Å². The predicted octanol–water partition coefficient (Wildman–Crippen LogP) is 3.35. The number of fused-ring (bicyclic) bond motifs is 1. The van der Waals surface area contributed by atoms with Crippen molar-refractivity contribution in [1.29, 1.82) is 0 Å². The van der Waals surface area contributed by atoms with E-state index in [9.17, 15) is 8.42 Å². The molecule has 3 aromatic rings. The minimum Gasteiger partial charge on any atom is -0.497 e. The molecule has 0 unspecified atom stereocenters. The number of aromatic nitrogens is 1. The Morgan fingerprint density at radius 2 is 1.91 bits per heavy atom. The van der Waals surface area contributed by atoms with Gasteiger partial charge in [0, 0.05) is 11.6 Å². The lowest BCUT2D eigenvalue weighted by Crippen LogP contribution is -2.14. The molecule has 118 valence electrons. The molecule has 0 aliphatic carbocycles. The Morgan fingerprint density at radius 3 is 2.65 bits per heavy atom. The molecule has 0 saturated carbocycles. The molecule has 0 amide bonds. The first kappa shape index (κ1) is 15.3. The Bertz CT molecular complexity index is 963. The Hall–Kier alpha value is -2.60. The van der Waals surface area contributed by atoms with Crippen LogP contribution in [0.15, 0.2) is 59.6 Å². The van der Waals surface area contributed by atoms with Crippen LogP contribution >= 0.6 is 0 Å². The highest BCUT2D eigenvalue weighted by molar-refractivity contribution is 7.92. The van der Waals surface area contributed by atoms with Gasteiger partial charge < -0.3 is 4.74 Å². The second kappa shape index (κ2) is 5.89. The highest BCUT2D eigenvalue weighted by atomic mass is 32.2. The van der Waals surface area contributed by atoms with E-state index in [1.165, 1.54) is 0 Å². The highest BCUT2D eigenvalue weighted by Crippen LogP contribution is 2.27. The number of aryl methyl sites for hydroxylation is 1. The SMILES string of the molecule is COc1ccc(S(=O)(=O)Nc2cccc3ncccc23)c(C)c1. The number of sulfonamides is 1. The number of ether oxygens (including phenoxy) is 1. The average molecular weight is 328 g/mol. The number of nitrogens with one attached hydrogen (secondary N) is 1. The van der Waals surface area contributed by atoms with E-state index in [1.807, 2.05) is 12.1 Å². The zero-order valence-corrected chi connectivity index (χ0v) is 13.6. The summed E-state index contributed by atoms with van der Waals surface area (Å²) in [4.78, 5) is 4.45. The summed E-state index contributed by atoms with van der Waals surface area (Å²) in [5.41, 5.74) is 1.86. The maximum Gasteiger partial charge on any atom is 0.262 e. The first-order valence-electron chi connectivity index (χ1n) is 7.02. The van der Waals surface area contributed by atoms with E-state index in [1.54, 1.807) is 56.6 Å². The fourth-order valence-electron chi connectivity index (χ4n) is 2.44. The summed E-state index contributed by atoms with van der Waals surface area (Å²) in [6.07, 6.45) is 1.67. The van der Waals surface area contributed by atoms with Crippen LogP contribution in [-0.2, 0) is 10.0 Å². The van der Waals surface area contributed by atoms with Crippen LogP contribution in [0.25, 0.3) is 10.9 Å². The lowest BCUT2D eigenvalue weighted by Gasteiger charge is -2.13. The van der Waals surface area contributed by atoms with Crippen molar-refractivity contribution in [3.8, 4) is 5.75 Å². The molecule has 0 aliphatic rings. The summed E-state index contributed by atoms with van der Waals surface area (Å²) in [5, 5.41) is 0.754. The summed E-state index contributed by atoms with van der Waals surface area (Å²) < 4.78 is 33.1. The first-order valence-corrected chi connectivity index (χ1v) is 8.51. The molecule has 0 radical (unpaired) electrons. The topological polar surface area (TPSA) is 68.3 Å². The third-order valence-electron chi connectivity index (χ3n) is 3.56. The molecule has 23 heavy (non-hydrogen) atoms. The second-order valence-electron chi connectivity index (χ2n) is 5.11. The van der Waals surface area contributed by atoms with Crippen LogP contribution < -0.4 is 9.46 Å². The predicted molar refractivity (Wildman–Crippen MR) is 90.3 cm³/mol. The van der Waals surface area contributed by atoms with E-state index in [0.29, 0.717) is 17.0 Å². The van der Waals surface area contributed by atoms with Gasteiger partial charge in [0.1, 0.15) is 5.75 Å². The minimum absolute atomic E-state index is 0.221. The van der Waals surface area contributed by atoms with Crippen LogP contribution in [0.4, 0.5) is 5.69 Å². The van der Waals surface area contributed by atoms with Gasteiger partial charge >= 0.3 is 0 Å². The Kier molecular flexibility index (Phi) is 3.92.